The van der Waals surface area contributed by atoms with Gasteiger partial charge in [0.05, 0.1) is 16.7 Å². The Morgan fingerprint density at radius 3 is 2.54 bits per heavy atom. The molecular weight excluding hydrogens is 372 g/mol. The predicted octanol–water partition coefficient (Wildman–Crippen LogP) is 3.83. The lowest BCUT2D eigenvalue weighted by atomic mass is 9.87. The lowest BCUT2D eigenvalue weighted by Gasteiger charge is -2.20. The minimum atomic E-state index is -0.952. The van der Waals surface area contributed by atoms with Crippen LogP contribution in [-0.2, 0) is 20.4 Å². The number of amides is 1. The van der Waals surface area contributed by atoms with Crippen molar-refractivity contribution in [3.8, 4) is 0 Å². The number of hydrogen-bond acceptors (Lipinski definition) is 4. The summed E-state index contributed by atoms with van der Waals surface area (Å²) in [5.41, 5.74) is 0.893. The van der Waals surface area contributed by atoms with Crippen molar-refractivity contribution in [1.29, 1.82) is 0 Å². The summed E-state index contributed by atoms with van der Waals surface area (Å²) in [6.07, 6.45) is 6.34. The van der Waals surface area contributed by atoms with Gasteiger partial charge in [-0.3, -0.25) is 13.8 Å². The molecule has 1 unspecified atom stereocenters. The molecule has 0 bridgehead atoms. The number of carbonyl (C=O) groups is 2. The fraction of sp³-hybridized carbons (Fsp3) is 0.409. The highest BCUT2D eigenvalue weighted by molar-refractivity contribution is 7.86. The zero-order valence-electron chi connectivity index (χ0n) is 15.7. The van der Waals surface area contributed by atoms with Crippen molar-refractivity contribution in [3.63, 3.8) is 0 Å². The van der Waals surface area contributed by atoms with E-state index in [4.69, 9.17) is 0 Å². The highest BCUT2D eigenvalue weighted by atomic mass is 32.2. The molecule has 1 aromatic heterocycles. The van der Waals surface area contributed by atoms with E-state index in [0.717, 1.165) is 29.7 Å². The molecule has 1 amide bonds. The Labute approximate surface area is 167 Å². The number of pyridine rings is 1. The second kappa shape index (κ2) is 8.35. The van der Waals surface area contributed by atoms with Crippen molar-refractivity contribution in [2.75, 3.05) is 5.32 Å². The molecule has 28 heavy (non-hydrogen) atoms. The van der Waals surface area contributed by atoms with E-state index in [-0.39, 0.29) is 23.5 Å². The summed E-state index contributed by atoms with van der Waals surface area (Å²) in [5, 5.41) is 3.19. The van der Waals surface area contributed by atoms with Crippen LogP contribution >= 0.6 is 0 Å². The van der Waals surface area contributed by atoms with Crippen LogP contribution in [0, 0.1) is 5.92 Å². The average molecular weight is 397 g/mol. The number of rotatable bonds is 7. The molecule has 2 aliphatic rings. The van der Waals surface area contributed by atoms with Gasteiger partial charge < -0.3 is 5.32 Å². The summed E-state index contributed by atoms with van der Waals surface area (Å²) >= 11 is 0. The summed E-state index contributed by atoms with van der Waals surface area (Å²) in [6.45, 7) is 0. The standard InChI is InChI=1S/C22H24N2O3S/c25-17-7-4-15(13-17)14-20(22(26)24-21-3-1-2-12-23-21)16-5-8-18(9-6-16)28(27)19-10-11-19/h1-3,5-6,8-9,12,15,19-20H,4,7,10-11,13-14H2,(H,23,24,26)/t15-,20+,28?/m0/s1. The fourth-order valence-corrected chi connectivity index (χ4v) is 5.13. The number of carbonyl (C=O) groups excluding carboxylic acids is 2. The predicted molar refractivity (Wildman–Crippen MR) is 108 cm³/mol. The molecule has 2 aromatic rings. The summed E-state index contributed by atoms with van der Waals surface area (Å²) in [7, 11) is -0.952. The number of benzene rings is 1. The molecule has 6 heteroatoms. The van der Waals surface area contributed by atoms with Gasteiger partial charge in [-0.05, 0) is 61.4 Å². The smallest absolute Gasteiger partial charge is 0.233 e. The SMILES string of the molecule is O=C1CC[C@H](C[C@@H](C(=O)Nc2ccccn2)c2ccc(S(=O)C3CC3)cc2)C1. The van der Waals surface area contributed by atoms with Crippen molar-refractivity contribution in [2.45, 2.75) is 54.6 Å². The van der Waals surface area contributed by atoms with Gasteiger partial charge in [0.1, 0.15) is 11.6 Å². The minimum Gasteiger partial charge on any atom is -0.310 e. The van der Waals surface area contributed by atoms with Crippen molar-refractivity contribution < 1.29 is 13.8 Å². The number of Topliss-reactive ketones (excluding diaryl/α,β-unsaturated/α-hetero) is 1. The van der Waals surface area contributed by atoms with E-state index in [1.165, 1.54) is 0 Å². The molecule has 1 N–H and O–H groups in total. The van der Waals surface area contributed by atoms with E-state index < -0.39 is 10.8 Å². The zero-order valence-corrected chi connectivity index (χ0v) is 16.5. The van der Waals surface area contributed by atoms with Gasteiger partial charge in [0.2, 0.25) is 5.91 Å². The fourth-order valence-electron chi connectivity index (χ4n) is 3.78. The number of aromatic nitrogens is 1. The third-order valence-corrected chi connectivity index (χ3v) is 7.31. The van der Waals surface area contributed by atoms with Gasteiger partial charge in [0.15, 0.2) is 0 Å². The number of ketones is 1. The Morgan fingerprint density at radius 2 is 1.93 bits per heavy atom. The summed E-state index contributed by atoms with van der Waals surface area (Å²) in [6, 6.07) is 13.0. The Kier molecular flexibility index (Phi) is 5.67. The van der Waals surface area contributed by atoms with Crippen LogP contribution in [0.2, 0.25) is 0 Å². The molecule has 146 valence electrons. The van der Waals surface area contributed by atoms with Crippen molar-refractivity contribution >= 4 is 28.3 Å². The molecule has 3 atom stereocenters. The van der Waals surface area contributed by atoms with Crippen molar-refractivity contribution in [3.05, 3.63) is 54.2 Å². The van der Waals surface area contributed by atoms with Gasteiger partial charge in [-0.2, -0.15) is 0 Å². The van der Waals surface area contributed by atoms with E-state index in [1.807, 2.05) is 30.3 Å². The molecule has 2 aliphatic carbocycles. The first-order chi connectivity index (χ1) is 13.6. The first kappa shape index (κ1) is 19.0. The van der Waals surface area contributed by atoms with Gasteiger partial charge in [0, 0.05) is 29.2 Å². The van der Waals surface area contributed by atoms with E-state index in [0.29, 0.717) is 30.3 Å². The highest BCUT2D eigenvalue weighted by Crippen LogP contribution is 2.35. The Morgan fingerprint density at radius 1 is 1.14 bits per heavy atom. The third kappa shape index (κ3) is 4.55. The molecular formula is C22H24N2O3S. The van der Waals surface area contributed by atoms with Gasteiger partial charge in [-0.1, -0.05) is 18.2 Å². The summed E-state index contributed by atoms with van der Waals surface area (Å²) in [5.74, 6) is 0.554. The maximum atomic E-state index is 13.0. The Hall–Kier alpha value is -2.34. The number of nitrogens with zero attached hydrogens (tertiary/aromatic N) is 1. The average Bonchev–Trinajstić information content (AvgIpc) is 3.48. The van der Waals surface area contributed by atoms with Crippen LogP contribution in [0.3, 0.4) is 0 Å². The highest BCUT2D eigenvalue weighted by Gasteiger charge is 2.31. The quantitative estimate of drug-likeness (QED) is 0.772. The molecule has 2 saturated carbocycles. The molecule has 0 radical (unpaired) electrons. The van der Waals surface area contributed by atoms with Gasteiger partial charge in [-0.25, -0.2) is 4.98 Å². The molecule has 0 aliphatic heterocycles. The van der Waals surface area contributed by atoms with Crippen LogP contribution < -0.4 is 5.32 Å². The molecule has 1 aromatic carbocycles. The van der Waals surface area contributed by atoms with Gasteiger partial charge in [0.25, 0.3) is 0 Å². The van der Waals surface area contributed by atoms with E-state index in [1.54, 1.807) is 18.3 Å². The topological polar surface area (TPSA) is 76.1 Å². The first-order valence-electron chi connectivity index (χ1n) is 9.84. The molecule has 2 fully saturated rings. The van der Waals surface area contributed by atoms with E-state index in [2.05, 4.69) is 10.3 Å². The van der Waals surface area contributed by atoms with Crippen molar-refractivity contribution in [1.82, 2.24) is 4.98 Å². The van der Waals surface area contributed by atoms with Gasteiger partial charge >= 0.3 is 0 Å². The van der Waals surface area contributed by atoms with E-state index >= 15 is 0 Å². The normalized spacial score (nSPS) is 21.3. The minimum absolute atomic E-state index is 0.117. The van der Waals surface area contributed by atoms with Crippen LogP contribution in [0.25, 0.3) is 0 Å². The lowest BCUT2D eigenvalue weighted by molar-refractivity contribution is -0.119. The molecule has 0 saturated heterocycles. The van der Waals surface area contributed by atoms with Crippen LogP contribution in [0.4, 0.5) is 5.82 Å². The number of hydrogen-bond donors (Lipinski definition) is 1. The lowest BCUT2D eigenvalue weighted by Crippen LogP contribution is -2.23. The Balaban J connectivity index is 1.53. The van der Waals surface area contributed by atoms with Gasteiger partial charge in [-0.15, -0.1) is 0 Å². The largest absolute Gasteiger partial charge is 0.310 e. The monoisotopic (exact) mass is 396 g/mol. The maximum Gasteiger partial charge on any atom is 0.233 e. The second-order valence-corrected chi connectivity index (χ2v) is 9.44. The molecule has 0 spiro atoms. The maximum absolute atomic E-state index is 13.0. The van der Waals surface area contributed by atoms with E-state index in [9.17, 15) is 13.8 Å². The second-order valence-electron chi connectivity index (χ2n) is 7.71. The van der Waals surface area contributed by atoms with Crippen LogP contribution in [-0.4, -0.2) is 26.1 Å². The molecule has 5 nitrogen and oxygen atoms in total. The summed E-state index contributed by atoms with van der Waals surface area (Å²) < 4.78 is 12.4. The van der Waals surface area contributed by atoms with Crippen LogP contribution in [0.5, 0.6) is 0 Å². The number of anilines is 1. The van der Waals surface area contributed by atoms with Crippen LogP contribution in [0.15, 0.2) is 53.6 Å². The molecule has 4 rings (SSSR count). The number of nitrogens with one attached hydrogen (secondary N) is 1. The van der Waals surface area contributed by atoms with Crippen LogP contribution in [0.1, 0.15) is 50.0 Å². The third-order valence-electron chi connectivity index (χ3n) is 5.49. The zero-order chi connectivity index (χ0) is 19.5. The first-order valence-corrected chi connectivity index (χ1v) is 11.1. The molecule has 1 heterocycles. The summed E-state index contributed by atoms with van der Waals surface area (Å²) in [4.78, 5) is 29.7. The van der Waals surface area contributed by atoms with Crippen molar-refractivity contribution in [2.24, 2.45) is 5.92 Å². The Bertz CT molecular complexity index is 878.